The summed E-state index contributed by atoms with van der Waals surface area (Å²) in [4.78, 5) is 0. The standard InChI is InChI=1S/C15H14FNO2/c16-12-8-10(2-4-13(12)17)11-3-5-14-15(9-11)19-7-1-6-18-14/h2-5,8-9H,1,6-7,17H2. The third-order valence-electron chi connectivity index (χ3n) is 3.08. The van der Waals surface area contributed by atoms with Crippen LogP contribution in [0.5, 0.6) is 11.5 Å². The van der Waals surface area contributed by atoms with Crippen molar-refractivity contribution in [2.45, 2.75) is 6.42 Å². The number of nitrogen functional groups attached to an aromatic ring is 1. The number of halogens is 1. The summed E-state index contributed by atoms with van der Waals surface area (Å²) in [5, 5.41) is 0. The molecule has 2 aromatic rings. The highest BCUT2D eigenvalue weighted by atomic mass is 19.1. The minimum Gasteiger partial charge on any atom is -0.490 e. The Kier molecular flexibility index (Phi) is 2.99. The number of benzene rings is 2. The molecule has 0 amide bonds. The van der Waals surface area contributed by atoms with E-state index in [1.807, 2.05) is 18.2 Å². The van der Waals surface area contributed by atoms with Crippen LogP contribution in [0.4, 0.5) is 10.1 Å². The zero-order valence-corrected chi connectivity index (χ0v) is 10.4. The van der Waals surface area contributed by atoms with Gasteiger partial charge in [-0.3, -0.25) is 0 Å². The molecule has 0 saturated carbocycles. The van der Waals surface area contributed by atoms with Gasteiger partial charge in [0.1, 0.15) is 5.82 Å². The van der Waals surface area contributed by atoms with Crippen molar-refractivity contribution in [1.29, 1.82) is 0 Å². The highest BCUT2D eigenvalue weighted by Crippen LogP contribution is 2.34. The van der Waals surface area contributed by atoms with Crippen molar-refractivity contribution in [1.82, 2.24) is 0 Å². The van der Waals surface area contributed by atoms with E-state index in [0.29, 0.717) is 19.0 Å². The van der Waals surface area contributed by atoms with Gasteiger partial charge in [0.2, 0.25) is 0 Å². The fraction of sp³-hybridized carbons (Fsp3) is 0.200. The van der Waals surface area contributed by atoms with E-state index >= 15 is 0 Å². The van der Waals surface area contributed by atoms with Gasteiger partial charge in [0, 0.05) is 6.42 Å². The molecule has 3 nitrogen and oxygen atoms in total. The Labute approximate surface area is 110 Å². The summed E-state index contributed by atoms with van der Waals surface area (Å²) in [6.45, 7) is 1.29. The normalized spacial score (nSPS) is 13.9. The molecular formula is C15H14FNO2. The molecule has 0 fully saturated rings. The highest BCUT2D eigenvalue weighted by molar-refractivity contribution is 5.69. The van der Waals surface area contributed by atoms with Crippen molar-refractivity contribution >= 4 is 5.69 Å². The SMILES string of the molecule is Nc1ccc(-c2ccc3c(c2)OCCCO3)cc1F. The summed E-state index contributed by atoms with van der Waals surface area (Å²) in [5.41, 5.74) is 7.27. The molecule has 98 valence electrons. The Morgan fingerprint density at radius 3 is 2.37 bits per heavy atom. The van der Waals surface area contributed by atoms with Crippen LogP contribution in [0.2, 0.25) is 0 Å². The number of ether oxygens (including phenoxy) is 2. The van der Waals surface area contributed by atoms with Crippen LogP contribution in [0.1, 0.15) is 6.42 Å². The molecule has 3 rings (SSSR count). The number of anilines is 1. The lowest BCUT2D eigenvalue weighted by Crippen LogP contribution is -1.97. The van der Waals surface area contributed by atoms with Crippen LogP contribution in [-0.2, 0) is 0 Å². The van der Waals surface area contributed by atoms with Crippen LogP contribution in [0, 0.1) is 5.82 Å². The van der Waals surface area contributed by atoms with Gasteiger partial charge in [0.15, 0.2) is 11.5 Å². The fourth-order valence-electron chi connectivity index (χ4n) is 2.05. The van der Waals surface area contributed by atoms with Gasteiger partial charge in [-0.15, -0.1) is 0 Å². The Bertz CT molecular complexity index is 613. The van der Waals surface area contributed by atoms with Gasteiger partial charge in [0.05, 0.1) is 18.9 Å². The van der Waals surface area contributed by atoms with E-state index in [0.717, 1.165) is 23.3 Å². The second-order valence-electron chi connectivity index (χ2n) is 4.45. The molecule has 0 aromatic heterocycles. The van der Waals surface area contributed by atoms with E-state index in [-0.39, 0.29) is 5.69 Å². The van der Waals surface area contributed by atoms with Crippen LogP contribution in [-0.4, -0.2) is 13.2 Å². The van der Waals surface area contributed by atoms with Gasteiger partial charge in [-0.25, -0.2) is 4.39 Å². The lowest BCUT2D eigenvalue weighted by Gasteiger charge is -2.10. The summed E-state index contributed by atoms with van der Waals surface area (Å²) < 4.78 is 24.7. The predicted molar refractivity (Wildman–Crippen MR) is 71.9 cm³/mol. The first-order valence-corrected chi connectivity index (χ1v) is 6.19. The number of hydrogen-bond acceptors (Lipinski definition) is 3. The smallest absolute Gasteiger partial charge is 0.161 e. The van der Waals surface area contributed by atoms with Gasteiger partial charge in [-0.1, -0.05) is 12.1 Å². The summed E-state index contributed by atoms with van der Waals surface area (Å²) in [6, 6.07) is 10.4. The summed E-state index contributed by atoms with van der Waals surface area (Å²) in [6.07, 6.45) is 0.862. The van der Waals surface area contributed by atoms with Gasteiger partial charge in [-0.05, 0) is 35.4 Å². The molecule has 0 saturated heterocycles. The molecule has 0 aliphatic carbocycles. The molecule has 2 aromatic carbocycles. The van der Waals surface area contributed by atoms with Gasteiger partial charge < -0.3 is 15.2 Å². The molecule has 0 atom stereocenters. The summed E-state index contributed by atoms with van der Waals surface area (Å²) in [7, 11) is 0. The zero-order chi connectivity index (χ0) is 13.2. The summed E-state index contributed by atoms with van der Waals surface area (Å²) >= 11 is 0. The van der Waals surface area contributed by atoms with Crippen molar-refractivity contribution in [3.63, 3.8) is 0 Å². The van der Waals surface area contributed by atoms with Crippen LogP contribution < -0.4 is 15.2 Å². The van der Waals surface area contributed by atoms with Crippen LogP contribution >= 0.6 is 0 Å². The zero-order valence-electron chi connectivity index (χ0n) is 10.4. The molecule has 1 aliphatic heterocycles. The molecule has 1 aliphatic rings. The van der Waals surface area contributed by atoms with Crippen molar-refractivity contribution in [2.75, 3.05) is 18.9 Å². The highest BCUT2D eigenvalue weighted by Gasteiger charge is 2.12. The quantitative estimate of drug-likeness (QED) is 0.800. The second kappa shape index (κ2) is 4.80. The molecule has 0 spiro atoms. The first-order valence-electron chi connectivity index (χ1n) is 6.19. The van der Waals surface area contributed by atoms with E-state index in [9.17, 15) is 4.39 Å². The minimum absolute atomic E-state index is 0.151. The van der Waals surface area contributed by atoms with Crippen LogP contribution in [0.3, 0.4) is 0 Å². The Morgan fingerprint density at radius 1 is 0.895 bits per heavy atom. The lowest BCUT2D eigenvalue weighted by atomic mass is 10.0. The molecular weight excluding hydrogens is 245 g/mol. The fourth-order valence-corrected chi connectivity index (χ4v) is 2.05. The first kappa shape index (κ1) is 11.8. The topological polar surface area (TPSA) is 44.5 Å². The Balaban J connectivity index is 2.01. The van der Waals surface area contributed by atoms with Crippen molar-refractivity contribution in [2.24, 2.45) is 0 Å². The van der Waals surface area contributed by atoms with Crippen molar-refractivity contribution in [3.05, 3.63) is 42.2 Å². The molecule has 4 heteroatoms. The number of nitrogens with two attached hydrogens (primary N) is 1. The number of fused-ring (bicyclic) bond motifs is 1. The molecule has 1 heterocycles. The van der Waals surface area contributed by atoms with Crippen molar-refractivity contribution < 1.29 is 13.9 Å². The number of rotatable bonds is 1. The van der Waals surface area contributed by atoms with E-state index < -0.39 is 5.82 Å². The van der Waals surface area contributed by atoms with E-state index in [2.05, 4.69) is 0 Å². The monoisotopic (exact) mass is 259 g/mol. The van der Waals surface area contributed by atoms with E-state index in [1.165, 1.54) is 6.07 Å². The maximum Gasteiger partial charge on any atom is 0.161 e. The Hall–Kier alpha value is -2.23. The summed E-state index contributed by atoms with van der Waals surface area (Å²) in [5.74, 6) is 1.02. The second-order valence-corrected chi connectivity index (χ2v) is 4.45. The van der Waals surface area contributed by atoms with Gasteiger partial charge in [0.25, 0.3) is 0 Å². The lowest BCUT2D eigenvalue weighted by molar-refractivity contribution is 0.297. The van der Waals surface area contributed by atoms with Gasteiger partial charge >= 0.3 is 0 Å². The third-order valence-corrected chi connectivity index (χ3v) is 3.08. The molecule has 0 radical (unpaired) electrons. The minimum atomic E-state index is -0.412. The third kappa shape index (κ3) is 2.34. The predicted octanol–water partition coefficient (Wildman–Crippen LogP) is 3.24. The van der Waals surface area contributed by atoms with E-state index in [4.69, 9.17) is 15.2 Å². The van der Waals surface area contributed by atoms with E-state index in [1.54, 1.807) is 12.1 Å². The van der Waals surface area contributed by atoms with Crippen LogP contribution in [0.15, 0.2) is 36.4 Å². The molecule has 0 unspecified atom stereocenters. The Morgan fingerprint density at radius 2 is 1.58 bits per heavy atom. The average Bonchev–Trinajstić information content (AvgIpc) is 2.66. The molecule has 19 heavy (non-hydrogen) atoms. The average molecular weight is 259 g/mol. The van der Waals surface area contributed by atoms with Crippen LogP contribution in [0.25, 0.3) is 11.1 Å². The van der Waals surface area contributed by atoms with Gasteiger partial charge in [-0.2, -0.15) is 0 Å². The first-order chi connectivity index (χ1) is 9.24. The maximum absolute atomic E-state index is 13.5. The molecule has 0 bridgehead atoms. The molecule has 2 N–H and O–H groups in total. The van der Waals surface area contributed by atoms with Crippen molar-refractivity contribution in [3.8, 4) is 22.6 Å². The number of hydrogen-bond donors (Lipinski definition) is 1. The maximum atomic E-state index is 13.5. The largest absolute Gasteiger partial charge is 0.490 e.